The molecule has 1 aromatic rings. The molecule has 1 unspecified atom stereocenters. The molecule has 0 radical (unpaired) electrons. The van der Waals surface area contributed by atoms with Crippen molar-refractivity contribution in [3.8, 4) is 0 Å². The maximum absolute atomic E-state index is 6.48. The van der Waals surface area contributed by atoms with Gasteiger partial charge in [0.2, 0.25) is 0 Å². The second-order valence-electron chi connectivity index (χ2n) is 4.32. The lowest BCUT2D eigenvalue weighted by molar-refractivity contribution is 0.275. The molecule has 1 atom stereocenters. The maximum atomic E-state index is 6.48. The molecule has 1 nitrogen and oxygen atoms in total. The average molecular weight is 319 g/mol. The van der Waals surface area contributed by atoms with Crippen molar-refractivity contribution >= 4 is 27.5 Å². The molecule has 0 N–H and O–H groups in total. The number of hydrogen-bond acceptors (Lipinski definition) is 1. The van der Waals surface area contributed by atoms with E-state index >= 15 is 0 Å². The maximum Gasteiger partial charge on any atom is 0.0712 e. The molecule has 0 aliphatic carbocycles. The van der Waals surface area contributed by atoms with E-state index in [9.17, 15) is 0 Å². The van der Waals surface area contributed by atoms with Crippen molar-refractivity contribution in [2.45, 2.75) is 32.1 Å². The van der Waals surface area contributed by atoms with E-state index in [1.807, 2.05) is 12.1 Å². The van der Waals surface area contributed by atoms with Crippen LogP contribution in [0.3, 0.4) is 0 Å². The summed E-state index contributed by atoms with van der Waals surface area (Å²) < 4.78 is 1.10. The Bertz CT molecular complexity index is 324. The number of nitrogens with zero attached hydrogens (tertiary/aromatic N) is 1. The normalized spacial score (nSPS) is 13.0. The summed E-state index contributed by atoms with van der Waals surface area (Å²) in [6.07, 6.45) is 2.37. The van der Waals surface area contributed by atoms with Crippen molar-refractivity contribution in [3.05, 3.63) is 34.3 Å². The third-order valence-corrected chi connectivity index (χ3v) is 3.59. The van der Waals surface area contributed by atoms with E-state index in [-0.39, 0.29) is 5.38 Å². The largest absolute Gasteiger partial charge is 0.302 e. The smallest absolute Gasteiger partial charge is 0.0712 e. The fourth-order valence-electron chi connectivity index (χ4n) is 1.96. The van der Waals surface area contributed by atoms with Gasteiger partial charge in [0.1, 0.15) is 0 Å². The third-order valence-electron chi connectivity index (χ3n) is 2.71. The highest BCUT2D eigenvalue weighted by molar-refractivity contribution is 9.10. The van der Waals surface area contributed by atoms with Crippen LogP contribution >= 0.6 is 27.5 Å². The Morgan fingerprint density at radius 3 is 2.41 bits per heavy atom. The molecule has 0 saturated heterocycles. The lowest BCUT2D eigenvalue weighted by Gasteiger charge is -2.24. The summed E-state index contributed by atoms with van der Waals surface area (Å²) in [6, 6.07) is 8.27. The number of alkyl halides is 1. The first kappa shape index (κ1) is 15.0. The van der Waals surface area contributed by atoms with Gasteiger partial charge in [-0.2, -0.15) is 0 Å². The van der Waals surface area contributed by atoms with E-state index in [4.69, 9.17) is 11.6 Å². The van der Waals surface area contributed by atoms with Gasteiger partial charge in [-0.05, 0) is 43.6 Å². The molecule has 0 aliphatic rings. The van der Waals surface area contributed by atoms with Gasteiger partial charge >= 0.3 is 0 Å². The van der Waals surface area contributed by atoms with E-state index in [1.165, 1.54) is 18.4 Å². The first-order valence-electron chi connectivity index (χ1n) is 6.29. The predicted molar refractivity (Wildman–Crippen MR) is 79.8 cm³/mol. The number of hydrogen-bond donors (Lipinski definition) is 0. The lowest BCUT2D eigenvalue weighted by atomic mass is 10.1. The average Bonchev–Trinajstić information content (AvgIpc) is 2.29. The third kappa shape index (κ3) is 5.41. The Labute approximate surface area is 118 Å². The molecule has 1 aromatic carbocycles. The fraction of sp³-hybridized carbons (Fsp3) is 0.571. The van der Waals surface area contributed by atoms with Crippen LogP contribution in [0.15, 0.2) is 28.7 Å². The summed E-state index contributed by atoms with van der Waals surface area (Å²) in [5.74, 6) is 0. The molecule has 3 heteroatoms. The highest BCUT2D eigenvalue weighted by Crippen LogP contribution is 2.24. The van der Waals surface area contributed by atoms with Crippen LogP contribution in [-0.2, 0) is 0 Å². The Kier molecular flexibility index (Phi) is 7.17. The molecule has 0 bridgehead atoms. The summed E-state index contributed by atoms with van der Waals surface area (Å²) in [5, 5.41) is 0.0746. The molecule has 0 saturated carbocycles. The van der Waals surface area contributed by atoms with Crippen LogP contribution in [0.25, 0.3) is 0 Å². The quantitative estimate of drug-likeness (QED) is 0.650. The molecule has 96 valence electrons. The predicted octanol–water partition coefficient (Wildman–Crippen LogP) is 4.85. The number of benzene rings is 1. The Morgan fingerprint density at radius 2 is 1.88 bits per heavy atom. The standard InChI is InChI=1S/C14H21BrClN/c1-3-8-17(9-4-2)11-14(16)12-6-5-7-13(15)10-12/h5-7,10,14H,3-4,8-9,11H2,1-2H3. The Morgan fingerprint density at radius 1 is 1.24 bits per heavy atom. The van der Waals surface area contributed by atoms with Crippen LogP contribution in [0.4, 0.5) is 0 Å². The Balaban J connectivity index is 2.59. The van der Waals surface area contributed by atoms with Crippen molar-refractivity contribution < 1.29 is 0 Å². The van der Waals surface area contributed by atoms with Crippen LogP contribution in [0.1, 0.15) is 37.6 Å². The molecule has 0 aromatic heterocycles. The van der Waals surface area contributed by atoms with Gasteiger partial charge in [0.25, 0.3) is 0 Å². The van der Waals surface area contributed by atoms with E-state index in [1.54, 1.807) is 0 Å². The van der Waals surface area contributed by atoms with E-state index in [0.29, 0.717) is 0 Å². The van der Waals surface area contributed by atoms with Gasteiger partial charge in [-0.1, -0.05) is 41.9 Å². The van der Waals surface area contributed by atoms with Gasteiger partial charge in [0, 0.05) is 11.0 Å². The molecule has 0 heterocycles. The number of halogens is 2. The van der Waals surface area contributed by atoms with Gasteiger partial charge in [-0.25, -0.2) is 0 Å². The minimum Gasteiger partial charge on any atom is -0.302 e. The summed E-state index contributed by atoms with van der Waals surface area (Å²) in [6.45, 7) is 7.62. The Hall–Kier alpha value is -0.0500. The van der Waals surface area contributed by atoms with Crippen LogP contribution in [0, 0.1) is 0 Å². The zero-order chi connectivity index (χ0) is 12.7. The molecule has 0 aliphatic heterocycles. The van der Waals surface area contributed by atoms with Crippen LogP contribution < -0.4 is 0 Å². The van der Waals surface area contributed by atoms with E-state index in [0.717, 1.165) is 24.1 Å². The molecule has 0 amide bonds. The van der Waals surface area contributed by atoms with Gasteiger partial charge in [0.15, 0.2) is 0 Å². The highest BCUT2D eigenvalue weighted by atomic mass is 79.9. The minimum absolute atomic E-state index is 0.0746. The lowest BCUT2D eigenvalue weighted by Crippen LogP contribution is -2.28. The highest BCUT2D eigenvalue weighted by Gasteiger charge is 2.12. The van der Waals surface area contributed by atoms with Gasteiger partial charge in [-0.15, -0.1) is 11.6 Å². The monoisotopic (exact) mass is 317 g/mol. The molecule has 0 spiro atoms. The van der Waals surface area contributed by atoms with Crippen LogP contribution in [-0.4, -0.2) is 24.5 Å². The molecule has 0 fully saturated rings. The molecular formula is C14H21BrClN. The van der Waals surface area contributed by atoms with Crippen molar-refractivity contribution in [2.24, 2.45) is 0 Å². The summed E-state index contributed by atoms with van der Waals surface area (Å²) in [4.78, 5) is 2.44. The zero-order valence-electron chi connectivity index (χ0n) is 10.6. The SMILES string of the molecule is CCCN(CCC)CC(Cl)c1cccc(Br)c1. The molecule has 1 rings (SSSR count). The van der Waals surface area contributed by atoms with Crippen LogP contribution in [0.2, 0.25) is 0 Å². The second-order valence-corrected chi connectivity index (χ2v) is 5.77. The molecule has 17 heavy (non-hydrogen) atoms. The van der Waals surface area contributed by atoms with Crippen molar-refractivity contribution in [2.75, 3.05) is 19.6 Å². The summed E-state index contributed by atoms with van der Waals surface area (Å²) >= 11 is 9.97. The first-order valence-corrected chi connectivity index (χ1v) is 7.52. The second kappa shape index (κ2) is 8.12. The van der Waals surface area contributed by atoms with Gasteiger partial charge in [-0.3, -0.25) is 0 Å². The van der Waals surface area contributed by atoms with E-state index < -0.39 is 0 Å². The topological polar surface area (TPSA) is 3.24 Å². The fourth-order valence-corrected chi connectivity index (χ4v) is 2.71. The van der Waals surface area contributed by atoms with Crippen LogP contribution in [0.5, 0.6) is 0 Å². The molecular weight excluding hydrogens is 298 g/mol. The van der Waals surface area contributed by atoms with Crippen molar-refractivity contribution in [1.29, 1.82) is 0 Å². The van der Waals surface area contributed by atoms with E-state index in [2.05, 4.69) is 46.8 Å². The zero-order valence-corrected chi connectivity index (χ0v) is 13.0. The van der Waals surface area contributed by atoms with Gasteiger partial charge < -0.3 is 4.90 Å². The first-order chi connectivity index (χ1) is 8.17. The number of rotatable bonds is 7. The van der Waals surface area contributed by atoms with Gasteiger partial charge in [0.05, 0.1) is 5.38 Å². The summed E-state index contributed by atoms with van der Waals surface area (Å²) in [7, 11) is 0. The summed E-state index contributed by atoms with van der Waals surface area (Å²) in [5.41, 5.74) is 1.19. The van der Waals surface area contributed by atoms with Crippen molar-refractivity contribution in [1.82, 2.24) is 4.90 Å². The minimum atomic E-state index is 0.0746. The van der Waals surface area contributed by atoms with Crippen molar-refractivity contribution in [3.63, 3.8) is 0 Å².